The number of carbonyl (C=O) groups is 1. The van der Waals surface area contributed by atoms with Crippen molar-refractivity contribution in [1.29, 1.82) is 0 Å². The first-order chi connectivity index (χ1) is 17.6. The van der Waals surface area contributed by atoms with Gasteiger partial charge in [0, 0.05) is 18.8 Å². The minimum absolute atomic E-state index is 0.470. The molecular formula is C32H49NO3. The van der Waals surface area contributed by atoms with E-state index in [4.69, 9.17) is 4.74 Å². The number of ether oxygens (including phenoxy) is 1. The number of carboxylic acids is 1. The summed E-state index contributed by atoms with van der Waals surface area (Å²) in [7, 11) is 0. The van der Waals surface area contributed by atoms with Gasteiger partial charge in [-0.15, -0.1) is 0 Å². The molecule has 1 unspecified atom stereocenters. The van der Waals surface area contributed by atoms with Crippen LogP contribution in [-0.2, 0) is 4.79 Å². The fourth-order valence-corrected chi connectivity index (χ4v) is 4.72. The number of carboxylic acid groups (broad SMARTS) is 1. The summed E-state index contributed by atoms with van der Waals surface area (Å²) in [6.45, 7) is 8.67. The lowest BCUT2D eigenvalue weighted by molar-refractivity contribution is -0.138. The molecule has 0 amide bonds. The van der Waals surface area contributed by atoms with Crippen molar-refractivity contribution in [2.45, 2.75) is 110 Å². The second-order valence-corrected chi connectivity index (χ2v) is 9.99. The lowest BCUT2D eigenvalue weighted by Gasteiger charge is -2.25. The maximum absolute atomic E-state index is 11.4. The van der Waals surface area contributed by atoms with Gasteiger partial charge in [-0.1, -0.05) is 97.1 Å². The van der Waals surface area contributed by atoms with E-state index >= 15 is 0 Å². The highest BCUT2D eigenvalue weighted by atomic mass is 16.5. The van der Waals surface area contributed by atoms with Crippen molar-refractivity contribution in [2.75, 3.05) is 18.0 Å². The average molecular weight is 496 g/mol. The summed E-state index contributed by atoms with van der Waals surface area (Å²) in [5, 5.41) is 9.37. The molecule has 0 spiro atoms. The molecule has 0 bridgehead atoms. The third-order valence-electron chi connectivity index (χ3n) is 6.99. The predicted molar refractivity (Wildman–Crippen MR) is 153 cm³/mol. The van der Waals surface area contributed by atoms with Crippen molar-refractivity contribution in [3.05, 3.63) is 54.1 Å². The SMILES string of the molecule is CCCCCCCCN(CCCCCCCC)c1ccc(Oc2ccc(C(CC)C(=O)O)cc2)cc1. The molecule has 0 aliphatic heterocycles. The molecule has 0 saturated carbocycles. The summed E-state index contributed by atoms with van der Waals surface area (Å²) in [4.78, 5) is 14.0. The average Bonchev–Trinajstić information content (AvgIpc) is 2.88. The number of nitrogens with zero attached hydrogens (tertiary/aromatic N) is 1. The van der Waals surface area contributed by atoms with Crippen LogP contribution < -0.4 is 9.64 Å². The Morgan fingerprint density at radius 1 is 0.694 bits per heavy atom. The van der Waals surface area contributed by atoms with E-state index in [2.05, 4.69) is 30.9 Å². The molecule has 2 rings (SSSR count). The minimum Gasteiger partial charge on any atom is -0.481 e. The molecule has 0 aromatic heterocycles. The molecule has 2 aromatic rings. The van der Waals surface area contributed by atoms with Crippen LogP contribution >= 0.6 is 0 Å². The molecule has 0 aliphatic carbocycles. The first-order valence-electron chi connectivity index (χ1n) is 14.4. The molecule has 1 atom stereocenters. The quantitative estimate of drug-likeness (QED) is 0.186. The number of hydrogen-bond donors (Lipinski definition) is 1. The molecular weight excluding hydrogens is 446 g/mol. The number of aliphatic carboxylic acids is 1. The first-order valence-corrected chi connectivity index (χ1v) is 14.4. The van der Waals surface area contributed by atoms with E-state index < -0.39 is 11.9 Å². The van der Waals surface area contributed by atoms with Crippen LogP contribution in [0.5, 0.6) is 11.5 Å². The molecule has 0 heterocycles. The van der Waals surface area contributed by atoms with Gasteiger partial charge in [-0.2, -0.15) is 0 Å². The normalized spacial score (nSPS) is 11.9. The summed E-state index contributed by atoms with van der Waals surface area (Å²) < 4.78 is 6.05. The standard InChI is InChI=1S/C32H49NO3/c1-4-7-9-11-13-15-25-33(26-16-14-12-10-8-5-2)28-19-23-30(24-20-28)36-29-21-17-27(18-22-29)31(6-3)32(34)35/h17-24,31H,4-16,25-26H2,1-3H3,(H,34,35). The number of benzene rings is 2. The van der Waals surface area contributed by atoms with Gasteiger partial charge in [0.1, 0.15) is 11.5 Å². The second kappa shape index (κ2) is 17.9. The molecule has 2 aromatic carbocycles. The van der Waals surface area contributed by atoms with Gasteiger partial charge < -0.3 is 14.7 Å². The molecule has 0 radical (unpaired) electrons. The van der Waals surface area contributed by atoms with Crippen LogP contribution in [-0.4, -0.2) is 24.2 Å². The summed E-state index contributed by atoms with van der Waals surface area (Å²) in [5.74, 6) is 0.273. The first kappa shape index (κ1) is 29.7. The largest absolute Gasteiger partial charge is 0.481 e. The molecule has 0 aliphatic rings. The molecule has 1 N–H and O–H groups in total. The van der Waals surface area contributed by atoms with Gasteiger partial charge in [0.25, 0.3) is 0 Å². The lowest BCUT2D eigenvalue weighted by Crippen LogP contribution is -2.25. The van der Waals surface area contributed by atoms with Gasteiger partial charge >= 0.3 is 5.97 Å². The number of hydrogen-bond acceptors (Lipinski definition) is 3. The Hall–Kier alpha value is -2.49. The van der Waals surface area contributed by atoms with Gasteiger partial charge in [0.15, 0.2) is 0 Å². The van der Waals surface area contributed by atoms with Crippen molar-refractivity contribution in [1.82, 2.24) is 0 Å². The van der Waals surface area contributed by atoms with Gasteiger partial charge in [-0.25, -0.2) is 0 Å². The molecule has 36 heavy (non-hydrogen) atoms. The van der Waals surface area contributed by atoms with E-state index in [1.165, 1.54) is 82.7 Å². The van der Waals surface area contributed by atoms with Crippen LogP contribution in [0.3, 0.4) is 0 Å². The van der Waals surface area contributed by atoms with Gasteiger partial charge in [-0.3, -0.25) is 4.79 Å². The van der Waals surface area contributed by atoms with Crippen molar-refractivity contribution in [3.63, 3.8) is 0 Å². The van der Waals surface area contributed by atoms with Crippen molar-refractivity contribution < 1.29 is 14.6 Å². The molecule has 0 saturated heterocycles. The fourth-order valence-electron chi connectivity index (χ4n) is 4.72. The van der Waals surface area contributed by atoms with Crippen LogP contribution in [0, 0.1) is 0 Å². The smallest absolute Gasteiger partial charge is 0.310 e. The highest BCUT2D eigenvalue weighted by molar-refractivity contribution is 5.76. The Labute approximate surface area is 220 Å². The zero-order chi connectivity index (χ0) is 26.0. The molecule has 200 valence electrons. The van der Waals surface area contributed by atoms with Crippen molar-refractivity contribution in [3.8, 4) is 11.5 Å². The Balaban J connectivity index is 1.94. The summed E-state index contributed by atoms with van der Waals surface area (Å²) in [5.41, 5.74) is 2.08. The maximum atomic E-state index is 11.4. The van der Waals surface area contributed by atoms with E-state index in [0.717, 1.165) is 30.2 Å². The summed E-state index contributed by atoms with van der Waals surface area (Å²) in [6.07, 6.45) is 16.4. The fraction of sp³-hybridized carbons (Fsp3) is 0.594. The van der Waals surface area contributed by atoms with E-state index in [9.17, 15) is 9.90 Å². The van der Waals surface area contributed by atoms with Crippen LogP contribution in [0.2, 0.25) is 0 Å². The number of unbranched alkanes of at least 4 members (excludes halogenated alkanes) is 10. The zero-order valence-electron chi connectivity index (χ0n) is 23.0. The van der Waals surface area contributed by atoms with E-state index in [1.54, 1.807) is 0 Å². The highest BCUT2D eigenvalue weighted by Gasteiger charge is 2.17. The Kier molecular flexibility index (Phi) is 14.8. The number of rotatable bonds is 20. The van der Waals surface area contributed by atoms with Crippen LogP contribution in [0.25, 0.3) is 0 Å². The minimum atomic E-state index is -0.784. The maximum Gasteiger partial charge on any atom is 0.310 e. The van der Waals surface area contributed by atoms with Crippen LogP contribution in [0.15, 0.2) is 48.5 Å². The Morgan fingerprint density at radius 3 is 1.58 bits per heavy atom. The van der Waals surface area contributed by atoms with Crippen LogP contribution in [0.1, 0.15) is 116 Å². The Morgan fingerprint density at radius 2 is 1.14 bits per heavy atom. The zero-order valence-corrected chi connectivity index (χ0v) is 23.0. The van der Waals surface area contributed by atoms with Crippen LogP contribution in [0.4, 0.5) is 5.69 Å². The lowest BCUT2D eigenvalue weighted by atomic mass is 9.97. The predicted octanol–water partition coefficient (Wildman–Crippen LogP) is 9.58. The Bertz CT molecular complexity index is 815. The third-order valence-corrected chi connectivity index (χ3v) is 6.99. The topological polar surface area (TPSA) is 49.8 Å². The third kappa shape index (κ3) is 11.1. The molecule has 4 nitrogen and oxygen atoms in total. The van der Waals surface area contributed by atoms with E-state index in [1.807, 2.05) is 43.3 Å². The molecule has 4 heteroatoms. The van der Waals surface area contributed by atoms with E-state index in [-0.39, 0.29) is 0 Å². The summed E-state index contributed by atoms with van der Waals surface area (Å²) in [6, 6.07) is 15.9. The molecule has 0 fully saturated rings. The van der Waals surface area contributed by atoms with Gasteiger partial charge in [0.05, 0.1) is 5.92 Å². The highest BCUT2D eigenvalue weighted by Crippen LogP contribution is 2.28. The van der Waals surface area contributed by atoms with Crippen molar-refractivity contribution in [2.24, 2.45) is 0 Å². The van der Waals surface area contributed by atoms with E-state index in [0.29, 0.717) is 6.42 Å². The second-order valence-electron chi connectivity index (χ2n) is 9.99. The van der Waals surface area contributed by atoms with Gasteiger partial charge in [-0.05, 0) is 61.2 Å². The van der Waals surface area contributed by atoms with Crippen molar-refractivity contribution >= 4 is 11.7 Å². The number of anilines is 1. The summed E-state index contributed by atoms with van der Waals surface area (Å²) >= 11 is 0. The van der Waals surface area contributed by atoms with Gasteiger partial charge in [0.2, 0.25) is 0 Å². The monoisotopic (exact) mass is 495 g/mol.